The van der Waals surface area contributed by atoms with Crippen LogP contribution < -0.4 is 21.1 Å². The van der Waals surface area contributed by atoms with Gasteiger partial charge in [0, 0.05) is 76.8 Å². The van der Waals surface area contributed by atoms with Crippen molar-refractivity contribution < 1.29 is 24.2 Å². The lowest BCUT2D eigenvalue weighted by molar-refractivity contribution is -0.137. The van der Waals surface area contributed by atoms with E-state index in [0.717, 1.165) is 92.0 Å². The minimum Gasteiger partial charge on any atom is -0.496 e. The molecule has 3 heterocycles. The Morgan fingerprint density at radius 1 is 0.917 bits per heavy atom. The monoisotopic (exact) mass is 664 g/mol. The molecule has 13 heteroatoms. The minimum atomic E-state index is -0.794. The predicted octanol–water partition coefficient (Wildman–Crippen LogP) is 4.25. The molecule has 0 radical (unpaired) electrons. The van der Waals surface area contributed by atoms with Crippen LogP contribution in [-0.2, 0) is 27.5 Å². The van der Waals surface area contributed by atoms with Gasteiger partial charge in [-0.1, -0.05) is 38.3 Å². The van der Waals surface area contributed by atoms with Crippen LogP contribution in [0.5, 0.6) is 5.75 Å². The molecule has 1 fully saturated rings. The smallest absolute Gasteiger partial charge is 0.303 e. The number of nitrogens with one attached hydrogen (secondary N) is 2. The molecule has 262 valence electrons. The Hall–Kier alpha value is -4.39. The fraction of sp³-hybridized carbons (Fsp3) is 0.571. The van der Waals surface area contributed by atoms with Crippen molar-refractivity contribution in [3.8, 4) is 5.75 Å². The van der Waals surface area contributed by atoms with E-state index in [1.807, 2.05) is 17.2 Å². The minimum absolute atomic E-state index is 0.0622. The number of carbonyl (C=O) groups excluding carboxylic acids is 2. The molecule has 2 amide bonds. The molecule has 1 aromatic carbocycles. The molecule has 0 spiro atoms. The van der Waals surface area contributed by atoms with E-state index >= 15 is 0 Å². The number of carboxylic acid groups (broad SMARTS) is 1. The largest absolute Gasteiger partial charge is 0.496 e. The van der Waals surface area contributed by atoms with Crippen LogP contribution in [0.25, 0.3) is 11.0 Å². The average molecular weight is 665 g/mol. The van der Waals surface area contributed by atoms with Gasteiger partial charge in [-0.05, 0) is 43.4 Å². The standard InChI is InChI=1S/C35H52N8O5/c1-3-4-7-17-38-34-33-28(39-35(36)40-34)15-18-43(33)25-27-14-13-26(23-29(27)48-2)24-41-19-21-42(22-20-41)31(45)11-9-10-30(44)37-16-8-5-6-12-32(46)47/h13-15,18,23H,3-12,16-17,19-22,24-25H2,1-2H3,(H,37,44)(H,46,47)(H3,36,38,39,40). The lowest BCUT2D eigenvalue weighted by atomic mass is 10.1. The Kier molecular flexibility index (Phi) is 14.3. The van der Waals surface area contributed by atoms with Gasteiger partial charge in [0.1, 0.15) is 11.3 Å². The molecule has 0 bridgehead atoms. The molecule has 5 N–H and O–H groups in total. The first-order chi connectivity index (χ1) is 23.3. The topological polar surface area (TPSA) is 168 Å². The Morgan fingerprint density at radius 2 is 1.71 bits per heavy atom. The molecule has 1 aliphatic heterocycles. The number of methoxy groups -OCH3 is 1. The lowest BCUT2D eigenvalue weighted by Crippen LogP contribution is -2.48. The van der Waals surface area contributed by atoms with E-state index < -0.39 is 5.97 Å². The number of aliphatic carboxylic acids is 1. The molecule has 0 saturated carbocycles. The first kappa shape index (κ1) is 36.4. The van der Waals surface area contributed by atoms with Gasteiger partial charge in [-0.15, -0.1) is 0 Å². The molecule has 0 aliphatic carbocycles. The summed E-state index contributed by atoms with van der Waals surface area (Å²) in [5.74, 6) is 1.05. The Balaban J connectivity index is 1.22. The van der Waals surface area contributed by atoms with Crippen molar-refractivity contribution in [1.82, 2.24) is 29.7 Å². The van der Waals surface area contributed by atoms with Crippen molar-refractivity contribution in [2.75, 3.05) is 57.4 Å². The fourth-order valence-corrected chi connectivity index (χ4v) is 6.03. The fourth-order valence-electron chi connectivity index (χ4n) is 6.03. The van der Waals surface area contributed by atoms with E-state index in [1.165, 1.54) is 0 Å². The number of amides is 2. The summed E-state index contributed by atoms with van der Waals surface area (Å²) >= 11 is 0. The molecule has 1 saturated heterocycles. The number of unbranched alkanes of at least 4 members (excludes halogenated alkanes) is 4. The van der Waals surface area contributed by atoms with E-state index in [2.05, 4.69) is 55.2 Å². The van der Waals surface area contributed by atoms with Gasteiger partial charge in [-0.3, -0.25) is 19.3 Å². The highest BCUT2D eigenvalue weighted by Gasteiger charge is 2.22. The van der Waals surface area contributed by atoms with Gasteiger partial charge >= 0.3 is 5.97 Å². The van der Waals surface area contributed by atoms with Crippen molar-refractivity contribution in [3.05, 3.63) is 41.6 Å². The molecule has 13 nitrogen and oxygen atoms in total. The number of nitrogens with two attached hydrogens (primary N) is 1. The van der Waals surface area contributed by atoms with Gasteiger partial charge in [-0.2, -0.15) is 4.98 Å². The quantitative estimate of drug-likeness (QED) is 0.128. The van der Waals surface area contributed by atoms with Crippen LogP contribution in [-0.4, -0.2) is 93.6 Å². The first-order valence-electron chi connectivity index (χ1n) is 17.3. The molecule has 2 aromatic heterocycles. The lowest BCUT2D eigenvalue weighted by Gasteiger charge is -2.35. The van der Waals surface area contributed by atoms with Crippen LogP contribution in [0.2, 0.25) is 0 Å². The molecule has 48 heavy (non-hydrogen) atoms. The van der Waals surface area contributed by atoms with Crippen molar-refractivity contribution >= 4 is 40.6 Å². The average Bonchev–Trinajstić information content (AvgIpc) is 3.47. The third-order valence-corrected chi connectivity index (χ3v) is 8.71. The summed E-state index contributed by atoms with van der Waals surface area (Å²) < 4.78 is 7.95. The number of carboxylic acids is 1. The molecule has 0 atom stereocenters. The van der Waals surface area contributed by atoms with Crippen LogP contribution >= 0.6 is 0 Å². The molecular formula is C35H52N8O5. The highest BCUT2D eigenvalue weighted by atomic mass is 16.5. The van der Waals surface area contributed by atoms with Gasteiger partial charge in [0.15, 0.2) is 5.82 Å². The second kappa shape index (κ2) is 18.8. The van der Waals surface area contributed by atoms with E-state index in [-0.39, 0.29) is 24.2 Å². The van der Waals surface area contributed by atoms with Crippen molar-refractivity contribution in [1.29, 1.82) is 0 Å². The summed E-state index contributed by atoms with van der Waals surface area (Å²) in [6, 6.07) is 8.31. The van der Waals surface area contributed by atoms with Gasteiger partial charge in [-0.25, -0.2) is 4.98 Å². The number of anilines is 2. The summed E-state index contributed by atoms with van der Waals surface area (Å²) in [5.41, 5.74) is 9.92. The second-order valence-electron chi connectivity index (χ2n) is 12.5. The second-order valence-corrected chi connectivity index (χ2v) is 12.5. The maximum atomic E-state index is 12.8. The molecule has 3 aromatic rings. The maximum Gasteiger partial charge on any atom is 0.303 e. The third-order valence-electron chi connectivity index (χ3n) is 8.71. The predicted molar refractivity (Wildman–Crippen MR) is 187 cm³/mol. The van der Waals surface area contributed by atoms with Crippen LogP contribution in [0.3, 0.4) is 0 Å². The number of nitrogens with zero attached hydrogens (tertiary/aromatic N) is 5. The molecule has 1 aliphatic rings. The zero-order chi connectivity index (χ0) is 34.3. The number of hydrogen-bond donors (Lipinski definition) is 4. The van der Waals surface area contributed by atoms with E-state index in [4.69, 9.17) is 15.6 Å². The Labute approximate surface area is 283 Å². The number of hydrogen-bond acceptors (Lipinski definition) is 9. The van der Waals surface area contributed by atoms with E-state index in [9.17, 15) is 14.4 Å². The van der Waals surface area contributed by atoms with Crippen LogP contribution in [0, 0.1) is 0 Å². The van der Waals surface area contributed by atoms with Gasteiger partial charge in [0.25, 0.3) is 0 Å². The summed E-state index contributed by atoms with van der Waals surface area (Å²) in [7, 11) is 1.69. The van der Waals surface area contributed by atoms with Crippen molar-refractivity contribution in [2.24, 2.45) is 0 Å². The van der Waals surface area contributed by atoms with Gasteiger partial charge in [0.2, 0.25) is 17.8 Å². The van der Waals surface area contributed by atoms with Crippen molar-refractivity contribution in [2.45, 2.75) is 84.2 Å². The van der Waals surface area contributed by atoms with E-state index in [1.54, 1.807) is 7.11 Å². The first-order valence-corrected chi connectivity index (χ1v) is 17.3. The Bertz CT molecular complexity index is 1500. The van der Waals surface area contributed by atoms with Crippen LogP contribution in [0.4, 0.5) is 11.8 Å². The summed E-state index contributed by atoms with van der Waals surface area (Å²) in [5, 5.41) is 15.0. The number of piperazine rings is 1. The molecular weight excluding hydrogens is 612 g/mol. The number of fused-ring (bicyclic) bond motifs is 1. The molecule has 0 unspecified atom stereocenters. The summed E-state index contributed by atoms with van der Waals surface area (Å²) in [6.45, 7) is 7.80. The van der Waals surface area contributed by atoms with Crippen molar-refractivity contribution in [3.63, 3.8) is 0 Å². The summed E-state index contributed by atoms with van der Waals surface area (Å²) in [4.78, 5) is 48.6. The number of nitrogen functional groups attached to an aromatic ring is 1. The third kappa shape index (κ3) is 11.1. The number of ether oxygens (including phenoxy) is 1. The van der Waals surface area contributed by atoms with Gasteiger partial charge < -0.3 is 35.7 Å². The highest BCUT2D eigenvalue weighted by molar-refractivity contribution is 5.87. The highest BCUT2D eigenvalue weighted by Crippen LogP contribution is 2.27. The SMILES string of the molecule is CCCCCNc1nc(N)nc2ccn(Cc3ccc(CN4CCN(C(=O)CCCC(=O)NCCCCCC(=O)O)CC4)cc3OC)c12. The number of aromatic nitrogens is 3. The summed E-state index contributed by atoms with van der Waals surface area (Å²) in [6.07, 6.45) is 8.87. The molecule has 4 rings (SSSR count). The van der Waals surface area contributed by atoms with Crippen LogP contribution in [0.1, 0.15) is 82.3 Å². The normalized spacial score (nSPS) is 13.5. The Morgan fingerprint density at radius 3 is 2.46 bits per heavy atom. The van der Waals surface area contributed by atoms with Gasteiger partial charge in [0.05, 0.1) is 19.2 Å². The van der Waals surface area contributed by atoms with E-state index in [0.29, 0.717) is 51.9 Å². The number of carbonyl (C=O) groups is 3. The zero-order valence-electron chi connectivity index (χ0n) is 28.5. The van der Waals surface area contributed by atoms with Crippen LogP contribution in [0.15, 0.2) is 30.5 Å². The maximum absolute atomic E-state index is 12.8. The number of benzene rings is 1. The zero-order valence-corrected chi connectivity index (χ0v) is 28.5. The number of rotatable bonds is 20.